The lowest BCUT2D eigenvalue weighted by Gasteiger charge is -2.24. The normalized spacial score (nSPS) is 19.2. The Morgan fingerprint density at radius 3 is 2.32 bits per heavy atom. The number of non-ortho nitro benzene ring substituents is 1. The van der Waals surface area contributed by atoms with Gasteiger partial charge in [0.15, 0.2) is 0 Å². The molecule has 1 N–H and O–H groups in total. The molecule has 2 aromatic rings. The lowest BCUT2D eigenvalue weighted by Crippen LogP contribution is -2.38. The van der Waals surface area contributed by atoms with Crippen molar-refractivity contribution < 1.29 is 28.1 Å². The second-order valence-electron chi connectivity index (χ2n) is 7.20. The van der Waals surface area contributed by atoms with Crippen LogP contribution in [0, 0.1) is 10.1 Å². The number of nitrogens with zero attached hydrogens (tertiary/aromatic N) is 2. The Hall–Kier alpha value is -2.94. The smallest absolute Gasteiger partial charge is 0.460 e. The Balaban J connectivity index is 1.74. The molecule has 1 heterocycles. The van der Waals surface area contributed by atoms with Crippen LogP contribution in [0.4, 0.5) is 5.69 Å². The molecule has 166 valence electrons. The Bertz CT molecular complexity index is 955. The molecule has 1 fully saturated rings. The third-order valence-electron chi connectivity index (χ3n) is 4.58. The molecule has 10 nitrogen and oxygen atoms in total. The number of hydrogen-bond acceptors (Lipinski definition) is 8. The molecule has 1 saturated heterocycles. The number of ether oxygens (including phenoxy) is 1. The second-order valence-corrected chi connectivity index (χ2v) is 8.82. The molecule has 0 aromatic heterocycles. The standard InChI is InChI=1S/C20H24N3O7P/c1-15(20(24)28-19-12-13-22(2)14-19)21-31(27,29-17-6-4-3-5-7-17)30-18-10-8-16(9-11-18)23(25)26/h3-11,15,19H,12-14H2,1-2H3,(H,21,27)/t15-,19?,31?/m1/s1. The lowest BCUT2D eigenvalue weighted by molar-refractivity contribution is -0.384. The summed E-state index contributed by atoms with van der Waals surface area (Å²) in [5.41, 5.74) is -0.141. The molecule has 0 aliphatic carbocycles. The molecule has 0 bridgehead atoms. The number of likely N-dealkylation sites (tertiary alicyclic amines) is 1. The molecule has 11 heteroatoms. The van der Waals surface area contributed by atoms with Crippen molar-refractivity contribution in [3.63, 3.8) is 0 Å². The number of para-hydroxylation sites is 1. The molecule has 1 aliphatic rings. The minimum absolute atomic E-state index is 0.0790. The van der Waals surface area contributed by atoms with Gasteiger partial charge in [-0.1, -0.05) is 18.2 Å². The number of carbonyl (C=O) groups is 1. The van der Waals surface area contributed by atoms with Crippen molar-refractivity contribution in [2.24, 2.45) is 0 Å². The van der Waals surface area contributed by atoms with Crippen LogP contribution in [0.15, 0.2) is 54.6 Å². The van der Waals surface area contributed by atoms with E-state index < -0.39 is 24.7 Å². The Morgan fingerprint density at radius 1 is 1.16 bits per heavy atom. The number of nitro benzene ring substituents is 1. The number of hydrogen-bond donors (Lipinski definition) is 1. The number of rotatable bonds is 9. The molecule has 0 spiro atoms. The van der Waals surface area contributed by atoms with E-state index >= 15 is 0 Å². The maximum atomic E-state index is 13.5. The molecular weight excluding hydrogens is 425 g/mol. The van der Waals surface area contributed by atoms with E-state index in [0.29, 0.717) is 6.54 Å². The van der Waals surface area contributed by atoms with Crippen molar-refractivity contribution in [1.29, 1.82) is 0 Å². The molecule has 3 atom stereocenters. The molecule has 2 aromatic carbocycles. The highest BCUT2D eigenvalue weighted by molar-refractivity contribution is 7.52. The van der Waals surface area contributed by atoms with Gasteiger partial charge in [-0.15, -0.1) is 0 Å². The quantitative estimate of drug-likeness (QED) is 0.266. The number of benzene rings is 2. The van der Waals surface area contributed by atoms with E-state index in [1.807, 2.05) is 7.05 Å². The average Bonchev–Trinajstić information content (AvgIpc) is 3.13. The number of esters is 1. The van der Waals surface area contributed by atoms with Gasteiger partial charge in [-0.2, -0.15) is 5.09 Å². The number of carbonyl (C=O) groups excluding carboxylic acids is 1. The van der Waals surface area contributed by atoms with Gasteiger partial charge in [-0.25, -0.2) is 4.57 Å². The van der Waals surface area contributed by atoms with Crippen molar-refractivity contribution in [3.05, 3.63) is 64.7 Å². The predicted molar refractivity (Wildman–Crippen MR) is 113 cm³/mol. The molecule has 3 rings (SSSR count). The highest BCUT2D eigenvalue weighted by Gasteiger charge is 2.35. The summed E-state index contributed by atoms with van der Waals surface area (Å²) in [6.45, 7) is 2.97. The Labute approximate surface area is 179 Å². The van der Waals surface area contributed by atoms with Crippen LogP contribution in [-0.2, 0) is 14.1 Å². The summed E-state index contributed by atoms with van der Waals surface area (Å²) in [5.74, 6) is -0.238. The van der Waals surface area contributed by atoms with Gasteiger partial charge in [0.2, 0.25) is 0 Å². The summed E-state index contributed by atoms with van der Waals surface area (Å²) >= 11 is 0. The van der Waals surface area contributed by atoms with Crippen LogP contribution >= 0.6 is 7.75 Å². The van der Waals surface area contributed by atoms with Gasteiger partial charge in [-0.05, 0) is 44.7 Å². The van der Waals surface area contributed by atoms with Crippen molar-refractivity contribution in [2.45, 2.75) is 25.5 Å². The monoisotopic (exact) mass is 449 g/mol. The highest BCUT2D eigenvalue weighted by Crippen LogP contribution is 2.45. The Morgan fingerprint density at radius 2 is 1.77 bits per heavy atom. The van der Waals surface area contributed by atoms with Gasteiger partial charge >= 0.3 is 13.7 Å². The largest absolute Gasteiger partial charge is 0.513 e. The van der Waals surface area contributed by atoms with E-state index in [0.717, 1.165) is 13.0 Å². The predicted octanol–water partition coefficient (Wildman–Crippen LogP) is 3.39. The van der Waals surface area contributed by atoms with Gasteiger partial charge in [0, 0.05) is 25.2 Å². The molecule has 2 unspecified atom stereocenters. The van der Waals surface area contributed by atoms with Gasteiger partial charge < -0.3 is 18.7 Å². The molecule has 0 radical (unpaired) electrons. The number of nitro groups is 1. The van der Waals surface area contributed by atoms with Crippen LogP contribution in [0.1, 0.15) is 13.3 Å². The van der Waals surface area contributed by atoms with E-state index in [2.05, 4.69) is 9.99 Å². The number of nitrogens with one attached hydrogen (secondary N) is 1. The summed E-state index contributed by atoms with van der Waals surface area (Å²) < 4.78 is 30.0. The maximum Gasteiger partial charge on any atom is 0.513 e. The van der Waals surface area contributed by atoms with Crippen LogP contribution < -0.4 is 14.1 Å². The van der Waals surface area contributed by atoms with Crippen LogP contribution in [0.3, 0.4) is 0 Å². The van der Waals surface area contributed by atoms with Gasteiger partial charge in [0.25, 0.3) is 5.69 Å². The summed E-state index contributed by atoms with van der Waals surface area (Å²) in [5, 5.41) is 13.4. The molecular formula is C20H24N3O7P. The first-order chi connectivity index (χ1) is 14.7. The fraction of sp³-hybridized carbons (Fsp3) is 0.350. The fourth-order valence-electron chi connectivity index (χ4n) is 3.01. The second kappa shape index (κ2) is 9.91. The third kappa shape index (κ3) is 6.52. The first-order valence-electron chi connectivity index (χ1n) is 9.70. The van der Waals surface area contributed by atoms with Crippen LogP contribution in [-0.4, -0.2) is 48.1 Å². The van der Waals surface area contributed by atoms with E-state index in [-0.39, 0.29) is 23.3 Å². The van der Waals surface area contributed by atoms with Crippen molar-refractivity contribution >= 4 is 19.4 Å². The van der Waals surface area contributed by atoms with E-state index in [1.165, 1.54) is 31.2 Å². The molecule has 31 heavy (non-hydrogen) atoms. The van der Waals surface area contributed by atoms with E-state index in [1.54, 1.807) is 30.3 Å². The van der Waals surface area contributed by atoms with Gasteiger partial charge in [-0.3, -0.25) is 14.9 Å². The fourth-order valence-corrected chi connectivity index (χ4v) is 4.53. The summed E-state index contributed by atoms with van der Waals surface area (Å²) in [6, 6.07) is 12.4. The SMILES string of the molecule is C[C@@H](NP(=O)(Oc1ccccc1)Oc1ccc([N+](=O)[O-])cc1)C(=O)OC1CCN(C)C1. The maximum absolute atomic E-state index is 13.5. The summed E-state index contributed by atoms with van der Waals surface area (Å²) in [6.07, 6.45) is 0.499. The molecule has 0 saturated carbocycles. The van der Waals surface area contributed by atoms with E-state index in [9.17, 15) is 19.5 Å². The minimum Gasteiger partial charge on any atom is -0.460 e. The van der Waals surface area contributed by atoms with E-state index in [4.69, 9.17) is 13.8 Å². The zero-order valence-corrected chi connectivity index (χ0v) is 18.1. The number of likely N-dealkylation sites (N-methyl/N-ethyl adjacent to an activating group) is 1. The summed E-state index contributed by atoms with van der Waals surface area (Å²) in [7, 11) is -2.16. The van der Waals surface area contributed by atoms with Crippen molar-refractivity contribution in [1.82, 2.24) is 9.99 Å². The van der Waals surface area contributed by atoms with Crippen molar-refractivity contribution in [2.75, 3.05) is 20.1 Å². The first-order valence-corrected chi connectivity index (χ1v) is 11.2. The summed E-state index contributed by atoms with van der Waals surface area (Å²) in [4.78, 5) is 24.8. The third-order valence-corrected chi connectivity index (χ3v) is 6.18. The zero-order chi connectivity index (χ0) is 22.4. The average molecular weight is 449 g/mol. The molecule has 0 amide bonds. The van der Waals surface area contributed by atoms with Gasteiger partial charge in [0.05, 0.1) is 4.92 Å². The van der Waals surface area contributed by atoms with Crippen molar-refractivity contribution in [3.8, 4) is 11.5 Å². The zero-order valence-electron chi connectivity index (χ0n) is 17.2. The van der Waals surface area contributed by atoms with Crippen LogP contribution in [0.5, 0.6) is 11.5 Å². The topological polar surface area (TPSA) is 120 Å². The van der Waals surface area contributed by atoms with Crippen LogP contribution in [0.25, 0.3) is 0 Å². The minimum atomic E-state index is -4.10. The Kier molecular flexibility index (Phi) is 7.27. The van der Waals surface area contributed by atoms with Crippen LogP contribution in [0.2, 0.25) is 0 Å². The van der Waals surface area contributed by atoms with Gasteiger partial charge in [0.1, 0.15) is 23.6 Å². The molecule has 1 aliphatic heterocycles. The first kappa shape index (κ1) is 22.7. The lowest BCUT2D eigenvalue weighted by atomic mass is 10.3. The highest BCUT2D eigenvalue weighted by atomic mass is 31.2.